The molecule has 0 aromatic heterocycles. The average Bonchev–Trinajstić information content (AvgIpc) is 3.23. The standard InChI is InChI=1S/C14H17BrN2O2/c15-12-5-6-13(14(7-12)17(18)19)16(8-10-1-2-10)9-11-3-4-11/h5-7,10-11H,1-4,8-9H2. The predicted octanol–water partition coefficient (Wildman–Crippen LogP) is 3.98. The van der Waals surface area contributed by atoms with Crippen LogP contribution in [0.1, 0.15) is 25.7 Å². The Bertz CT molecular complexity index is 484. The van der Waals surface area contributed by atoms with Crippen molar-refractivity contribution in [1.82, 2.24) is 0 Å². The quantitative estimate of drug-likeness (QED) is 0.587. The SMILES string of the molecule is O=[N+]([O-])c1cc(Br)ccc1N(CC1CC1)CC1CC1. The fourth-order valence-electron chi connectivity index (χ4n) is 2.41. The molecule has 3 rings (SSSR count). The van der Waals surface area contributed by atoms with Crippen LogP contribution in [0.5, 0.6) is 0 Å². The van der Waals surface area contributed by atoms with E-state index >= 15 is 0 Å². The smallest absolute Gasteiger partial charge is 0.293 e. The van der Waals surface area contributed by atoms with Gasteiger partial charge in [0.15, 0.2) is 0 Å². The molecule has 0 N–H and O–H groups in total. The van der Waals surface area contributed by atoms with E-state index in [0.717, 1.165) is 35.1 Å². The van der Waals surface area contributed by atoms with E-state index in [9.17, 15) is 10.1 Å². The predicted molar refractivity (Wildman–Crippen MR) is 78.5 cm³/mol. The fraction of sp³-hybridized carbons (Fsp3) is 0.571. The van der Waals surface area contributed by atoms with Crippen molar-refractivity contribution < 1.29 is 4.92 Å². The lowest BCUT2D eigenvalue weighted by Crippen LogP contribution is -2.28. The minimum absolute atomic E-state index is 0.218. The van der Waals surface area contributed by atoms with Crippen molar-refractivity contribution in [2.45, 2.75) is 25.7 Å². The molecule has 102 valence electrons. The van der Waals surface area contributed by atoms with Crippen LogP contribution in [-0.4, -0.2) is 18.0 Å². The molecule has 0 atom stereocenters. The van der Waals surface area contributed by atoms with Gasteiger partial charge in [-0.2, -0.15) is 0 Å². The number of hydrogen-bond acceptors (Lipinski definition) is 3. The third kappa shape index (κ3) is 3.26. The van der Waals surface area contributed by atoms with E-state index in [0.29, 0.717) is 0 Å². The number of halogens is 1. The van der Waals surface area contributed by atoms with Crippen LogP contribution in [0.25, 0.3) is 0 Å². The van der Waals surface area contributed by atoms with Crippen LogP contribution in [0.15, 0.2) is 22.7 Å². The Balaban J connectivity index is 1.88. The maximum atomic E-state index is 11.2. The number of nitro groups is 1. The van der Waals surface area contributed by atoms with Crippen molar-refractivity contribution in [3.63, 3.8) is 0 Å². The van der Waals surface area contributed by atoms with Crippen molar-refractivity contribution >= 4 is 27.3 Å². The highest BCUT2D eigenvalue weighted by molar-refractivity contribution is 9.10. The first kappa shape index (κ1) is 12.9. The van der Waals surface area contributed by atoms with Gasteiger partial charge in [-0.1, -0.05) is 15.9 Å². The molecule has 2 saturated carbocycles. The maximum Gasteiger partial charge on any atom is 0.293 e. The molecule has 0 saturated heterocycles. The number of anilines is 1. The summed E-state index contributed by atoms with van der Waals surface area (Å²) in [7, 11) is 0. The molecule has 0 spiro atoms. The van der Waals surface area contributed by atoms with Gasteiger partial charge >= 0.3 is 0 Å². The van der Waals surface area contributed by atoms with Crippen LogP contribution in [0.2, 0.25) is 0 Å². The fourth-order valence-corrected chi connectivity index (χ4v) is 2.75. The van der Waals surface area contributed by atoms with Gasteiger partial charge in [0, 0.05) is 23.6 Å². The molecule has 0 radical (unpaired) electrons. The van der Waals surface area contributed by atoms with Crippen molar-refractivity contribution in [1.29, 1.82) is 0 Å². The maximum absolute atomic E-state index is 11.2. The first-order valence-corrected chi connectivity index (χ1v) is 7.61. The van der Waals surface area contributed by atoms with E-state index in [-0.39, 0.29) is 10.6 Å². The van der Waals surface area contributed by atoms with Gasteiger partial charge < -0.3 is 4.90 Å². The third-order valence-electron chi connectivity index (χ3n) is 3.83. The van der Waals surface area contributed by atoms with Gasteiger partial charge in [-0.15, -0.1) is 0 Å². The summed E-state index contributed by atoms with van der Waals surface area (Å²) in [6.07, 6.45) is 5.08. The lowest BCUT2D eigenvalue weighted by atomic mass is 10.2. The highest BCUT2D eigenvalue weighted by Crippen LogP contribution is 2.39. The van der Waals surface area contributed by atoms with Crippen LogP contribution in [0.3, 0.4) is 0 Å². The molecule has 5 heteroatoms. The highest BCUT2D eigenvalue weighted by Gasteiger charge is 2.31. The third-order valence-corrected chi connectivity index (χ3v) is 4.32. The van der Waals surface area contributed by atoms with E-state index in [1.807, 2.05) is 12.1 Å². The van der Waals surface area contributed by atoms with Gasteiger partial charge in [0.1, 0.15) is 5.69 Å². The van der Waals surface area contributed by atoms with Crippen LogP contribution in [0.4, 0.5) is 11.4 Å². The van der Waals surface area contributed by atoms with Crippen LogP contribution < -0.4 is 4.90 Å². The summed E-state index contributed by atoms with van der Waals surface area (Å²) in [5, 5.41) is 11.2. The molecule has 2 aliphatic carbocycles. The lowest BCUT2D eigenvalue weighted by molar-refractivity contribution is -0.384. The summed E-state index contributed by atoms with van der Waals surface area (Å²) in [6, 6.07) is 5.39. The van der Waals surface area contributed by atoms with Gasteiger partial charge in [0.25, 0.3) is 5.69 Å². The molecular weight excluding hydrogens is 308 g/mol. The second-order valence-electron chi connectivity index (χ2n) is 5.68. The minimum atomic E-state index is -0.271. The van der Waals surface area contributed by atoms with E-state index in [2.05, 4.69) is 20.8 Å². The Morgan fingerprint density at radius 2 is 1.79 bits per heavy atom. The Labute approximate surface area is 121 Å². The first-order chi connectivity index (χ1) is 9.13. The van der Waals surface area contributed by atoms with Crippen molar-refractivity contribution in [3.8, 4) is 0 Å². The van der Waals surface area contributed by atoms with Crippen LogP contribution >= 0.6 is 15.9 Å². The van der Waals surface area contributed by atoms with E-state index < -0.39 is 0 Å². The van der Waals surface area contributed by atoms with Gasteiger partial charge in [0.05, 0.1) is 4.92 Å². The second-order valence-corrected chi connectivity index (χ2v) is 6.60. The lowest BCUT2D eigenvalue weighted by Gasteiger charge is -2.24. The number of rotatable bonds is 6. The molecule has 2 fully saturated rings. The Kier molecular flexibility index (Phi) is 3.48. The summed E-state index contributed by atoms with van der Waals surface area (Å²) in [4.78, 5) is 13.2. The van der Waals surface area contributed by atoms with Gasteiger partial charge in [-0.3, -0.25) is 10.1 Å². The Hall–Kier alpha value is -1.10. The van der Waals surface area contributed by atoms with Crippen molar-refractivity contribution in [3.05, 3.63) is 32.8 Å². The Morgan fingerprint density at radius 3 is 2.26 bits per heavy atom. The van der Waals surface area contributed by atoms with E-state index in [1.165, 1.54) is 25.7 Å². The number of hydrogen-bond donors (Lipinski definition) is 0. The summed E-state index contributed by atoms with van der Waals surface area (Å²) in [5.74, 6) is 1.48. The molecule has 2 aliphatic rings. The number of nitro benzene ring substituents is 1. The molecule has 4 nitrogen and oxygen atoms in total. The zero-order valence-electron chi connectivity index (χ0n) is 10.7. The molecule has 19 heavy (non-hydrogen) atoms. The van der Waals surface area contributed by atoms with Crippen LogP contribution in [0, 0.1) is 22.0 Å². The zero-order chi connectivity index (χ0) is 13.4. The summed E-state index contributed by atoms with van der Waals surface area (Å²) in [5.41, 5.74) is 1.00. The first-order valence-electron chi connectivity index (χ1n) is 6.82. The van der Waals surface area contributed by atoms with Crippen molar-refractivity contribution in [2.24, 2.45) is 11.8 Å². The largest absolute Gasteiger partial charge is 0.365 e. The molecule has 0 unspecified atom stereocenters. The summed E-state index contributed by atoms with van der Waals surface area (Å²) < 4.78 is 0.765. The monoisotopic (exact) mass is 324 g/mol. The molecule has 1 aromatic rings. The molecular formula is C14H17BrN2O2. The van der Waals surface area contributed by atoms with Crippen LogP contribution in [-0.2, 0) is 0 Å². The topological polar surface area (TPSA) is 46.4 Å². The van der Waals surface area contributed by atoms with E-state index in [1.54, 1.807) is 6.07 Å². The number of benzene rings is 1. The molecule has 0 aliphatic heterocycles. The molecule has 0 bridgehead atoms. The van der Waals surface area contributed by atoms with Gasteiger partial charge in [-0.25, -0.2) is 0 Å². The van der Waals surface area contributed by atoms with Crippen molar-refractivity contribution in [2.75, 3.05) is 18.0 Å². The minimum Gasteiger partial charge on any atom is -0.365 e. The highest BCUT2D eigenvalue weighted by atomic mass is 79.9. The normalized spacial score (nSPS) is 18.4. The zero-order valence-corrected chi connectivity index (χ0v) is 12.3. The second kappa shape index (κ2) is 5.12. The molecule has 1 aromatic carbocycles. The summed E-state index contributed by atoms with van der Waals surface area (Å²) >= 11 is 3.32. The number of nitrogens with zero attached hydrogens (tertiary/aromatic N) is 2. The van der Waals surface area contributed by atoms with Gasteiger partial charge in [0.2, 0.25) is 0 Å². The summed E-state index contributed by atoms with van der Waals surface area (Å²) in [6.45, 7) is 1.94. The van der Waals surface area contributed by atoms with E-state index in [4.69, 9.17) is 0 Å². The van der Waals surface area contributed by atoms with Gasteiger partial charge in [-0.05, 0) is 49.7 Å². The molecule has 0 heterocycles. The molecule has 0 amide bonds. The average molecular weight is 325 g/mol. The Morgan fingerprint density at radius 1 is 1.21 bits per heavy atom.